The van der Waals surface area contributed by atoms with Crippen molar-refractivity contribution >= 4 is 17.3 Å². The summed E-state index contributed by atoms with van der Waals surface area (Å²) in [5, 5.41) is 2.95. The highest BCUT2D eigenvalue weighted by Gasteiger charge is 2.12. The third-order valence-electron chi connectivity index (χ3n) is 4.64. The summed E-state index contributed by atoms with van der Waals surface area (Å²) < 4.78 is 16.0. The van der Waals surface area contributed by atoms with E-state index in [1.54, 1.807) is 14.2 Å². The zero-order chi connectivity index (χ0) is 19.1. The lowest BCUT2D eigenvalue weighted by atomic mass is 10.1. The van der Waals surface area contributed by atoms with Gasteiger partial charge in [-0.25, -0.2) is 0 Å². The van der Waals surface area contributed by atoms with E-state index in [9.17, 15) is 4.79 Å². The Kier molecular flexibility index (Phi) is 6.54. The molecular weight excluding hydrogens is 344 g/mol. The minimum atomic E-state index is -0.0287. The van der Waals surface area contributed by atoms with Gasteiger partial charge in [-0.15, -0.1) is 0 Å². The van der Waals surface area contributed by atoms with Crippen molar-refractivity contribution in [1.29, 1.82) is 0 Å². The number of ether oxygens (including phenoxy) is 3. The van der Waals surface area contributed by atoms with Crippen molar-refractivity contribution in [1.82, 2.24) is 0 Å². The van der Waals surface area contributed by atoms with Crippen molar-refractivity contribution in [3.05, 3.63) is 48.0 Å². The van der Waals surface area contributed by atoms with E-state index in [1.165, 1.54) is 0 Å². The molecule has 6 nitrogen and oxygen atoms in total. The molecule has 1 fully saturated rings. The Labute approximate surface area is 160 Å². The fraction of sp³-hybridized carbons (Fsp3) is 0.381. The molecule has 0 atom stereocenters. The number of carbonyl (C=O) groups is 1. The largest absolute Gasteiger partial charge is 0.497 e. The summed E-state index contributed by atoms with van der Waals surface area (Å²) in [6.45, 7) is 3.31. The first-order chi connectivity index (χ1) is 13.2. The molecule has 144 valence electrons. The maximum Gasteiger partial charge on any atom is 0.224 e. The van der Waals surface area contributed by atoms with E-state index in [2.05, 4.69) is 10.2 Å². The van der Waals surface area contributed by atoms with Crippen LogP contribution in [0.1, 0.15) is 12.0 Å². The van der Waals surface area contributed by atoms with Crippen molar-refractivity contribution in [2.24, 2.45) is 0 Å². The Bertz CT molecular complexity index is 755. The monoisotopic (exact) mass is 370 g/mol. The SMILES string of the molecule is COc1ccc(OC)c(CCC(=O)Nc2ccc(N3CCOCC3)cc2)c1. The van der Waals surface area contributed by atoms with Crippen LogP contribution in [0.4, 0.5) is 11.4 Å². The second-order valence-electron chi connectivity index (χ2n) is 6.37. The van der Waals surface area contributed by atoms with Gasteiger partial charge in [-0.05, 0) is 54.4 Å². The van der Waals surface area contributed by atoms with E-state index < -0.39 is 0 Å². The van der Waals surface area contributed by atoms with Crippen LogP contribution in [0.2, 0.25) is 0 Å². The Morgan fingerprint density at radius 3 is 2.48 bits per heavy atom. The molecule has 0 aromatic heterocycles. The molecule has 2 aromatic rings. The standard InChI is InChI=1S/C21H26N2O4/c1-25-19-8-9-20(26-2)16(15-19)3-10-21(24)22-17-4-6-18(7-5-17)23-11-13-27-14-12-23/h4-9,15H,3,10-14H2,1-2H3,(H,22,24). The van der Waals surface area contributed by atoms with E-state index in [0.717, 1.165) is 54.7 Å². The van der Waals surface area contributed by atoms with Crippen LogP contribution in [0.5, 0.6) is 11.5 Å². The minimum Gasteiger partial charge on any atom is -0.497 e. The van der Waals surface area contributed by atoms with Gasteiger partial charge in [-0.2, -0.15) is 0 Å². The third kappa shape index (κ3) is 5.14. The molecular formula is C21H26N2O4. The number of carbonyl (C=O) groups excluding carboxylic acids is 1. The van der Waals surface area contributed by atoms with E-state index in [4.69, 9.17) is 14.2 Å². The van der Waals surface area contributed by atoms with Crippen molar-refractivity contribution in [2.75, 3.05) is 50.7 Å². The average Bonchev–Trinajstić information content (AvgIpc) is 2.73. The van der Waals surface area contributed by atoms with Gasteiger partial charge in [0.1, 0.15) is 11.5 Å². The number of rotatable bonds is 7. The van der Waals surface area contributed by atoms with E-state index in [-0.39, 0.29) is 5.91 Å². The van der Waals surface area contributed by atoms with Crippen LogP contribution in [0.15, 0.2) is 42.5 Å². The molecule has 1 aliphatic heterocycles. The molecule has 1 N–H and O–H groups in total. The highest BCUT2D eigenvalue weighted by Crippen LogP contribution is 2.25. The van der Waals surface area contributed by atoms with Crippen molar-refractivity contribution in [3.63, 3.8) is 0 Å². The maximum atomic E-state index is 12.3. The second-order valence-corrected chi connectivity index (χ2v) is 6.37. The first-order valence-electron chi connectivity index (χ1n) is 9.13. The van der Waals surface area contributed by atoms with Gasteiger partial charge < -0.3 is 24.4 Å². The highest BCUT2D eigenvalue weighted by molar-refractivity contribution is 5.91. The Morgan fingerprint density at radius 1 is 1.07 bits per heavy atom. The predicted molar refractivity (Wildman–Crippen MR) is 106 cm³/mol. The molecule has 6 heteroatoms. The predicted octanol–water partition coefficient (Wildman–Crippen LogP) is 3.11. The zero-order valence-electron chi connectivity index (χ0n) is 15.9. The second kappa shape index (κ2) is 9.28. The van der Waals surface area contributed by atoms with Crippen LogP contribution in [0.3, 0.4) is 0 Å². The van der Waals surface area contributed by atoms with E-state index in [1.807, 2.05) is 42.5 Å². The molecule has 1 heterocycles. The summed E-state index contributed by atoms with van der Waals surface area (Å²) in [7, 11) is 3.25. The van der Waals surface area contributed by atoms with Gasteiger partial charge in [0.05, 0.1) is 27.4 Å². The summed E-state index contributed by atoms with van der Waals surface area (Å²) in [5.41, 5.74) is 2.90. The van der Waals surface area contributed by atoms with Crippen LogP contribution in [-0.4, -0.2) is 46.4 Å². The van der Waals surface area contributed by atoms with Gasteiger partial charge in [0.25, 0.3) is 0 Å². The summed E-state index contributed by atoms with van der Waals surface area (Å²) in [6.07, 6.45) is 0.951. The van der Waals surface area contributed by atoms with E-state index in [0.29, 0.717) is 12.8 Å². The molecule has 1 saturated heterocycles. The maximum absolute atomic E-state index is 12.3. The van der Waals surface area contributed by atoms with Crippen LogP contribution >= 0.6 is 0 Å². The lowest BCUT2D eigenvalue weighted by Crippen LogP contribution is -2.36. The summed E-state index contributed by atoms with van der Waals surface area (Å²) in [4.78, 5) is 14.6. The number of nitrogens with zero attached hydrogens (tertiary/aromatic N) is 1. The normalized spacial score (nSPS) is 13.9. The fourth-order valence-electron chi connectivity index (χ4n) is 3.13. The van der Waals surface area contributed by atoms with Crippen LogP contribution < -0.4 is 19.7 Å². The zero-order valence-corrected chi connectivity index (χ0v) is 15.9. The first kappa shape index (κ1) is 19.0. The molecule has 0 saturated carbocycles. The van der Waals surface area contributed by atoms with Crippen LogP contribution in [-0.2, 0) is 16.0 Å². The number of aryl methyl sites for hydroxylation is 1. The fourth-order valence-corrected chi connectivity index (χ4v) is 3.13. The van der Waals surface area contributed by atoms with Gasteiger partial charge in [0, 0.05) is 30.9 Å². The van der Waals surface area contributed by atoms with Crippen molar-refractivity contribution < 1.29 is 19.0 Å². The smallest absolute Gasteiger partial charge is 0.224 e. The topological polar surface area (TPSA) is 60.0 Å². The first-order valence-corrected chi connectivity index (χ1v) is 9.13. The number of hydrogen-bond acceptors (Lipinski definition) is 5. The number of hydrogen-bond donors (Lipinski definition) is 1. The number of benzene rings is 2. The molecule has 0 aliphatic carbocycles. The van der Waals surface area contributed by atoms with Crippen molar-refractivity contribution in [2.45, 2.75) is 12.8 Å². The molecule has 1 aliphatic rings. The molecule has 0 spiro atoms. The number of anilines is 2. The molecule has 2 aromatic carbocycles. The molecule has 0 unspecified atom stereocenters. The van der Waals surface area contributed by atoms with Crippen molar-refractivity contribution in [3.8, 4) is 11.5 Å². The Balaban J connectivity index is 1.55. The minimum absolute atomic E-state index is 0.0287. The van der Waals surface area contributed by atoms with Gasteiger partial charge in [0.15, 0.2) is 0 Å². The van der Waals surface area contributed by atoms with Crippen LogP contribution in [0, 0.1) is 0 Å². The van der Waals surface area contributed by atoms with Gasteiger partial charge in [0.2, 0.25) is 5.91 Å². The summed E-state index contributed by atoms with van der Waals surface area (Å²) in [6, 6.07) is 13.6. The molecule has 0 bridgehead atoms. The lowest BCUT2D eigenvalue weighted by molar-refractivity contribution is -0.116. The quantitative estimate of drug-likeness (QED) is 0.812. The lowest BCUT2D eigenvalue weighted by Gasteiger charge is -2.28. The highest BCUT2D eigenvalue weighted by atomic mass is 16.5. The molecule has 27 heavy (non-hydrogen) atoms. The summed E-state index contributed by atoms with van der Waals surface area (Å²) >= 11 is 0. The molecule has 0 radical (unpaired) electrons. The average molecular weight is 370 g/mol. The molecule has 1 amide bonds. The number of nitrogens with one attached hydrogen (secondary N) is 1. The van der Waals surface area contributed by atoms with Gasteiger partial charge in [-0.1, -0.05) is 0 Å². The number of amides is 1. The Morgan fingerprint density at radius 2 is 1.81 bits per heavy atom. The van der Waals surface area contributed by atoms with Gasteiger partial charge in [-0.3, -0.25) is 4.79 Å². The number of morpholine rings is 1. The van der Waals surface area contributed by atoms with Gasteiger partial charge >= 0.3 is 0 Å². The summed E-state index contributed by atoms with van der Waals surface area (Å²) in [5.74, 6) is 1.49. The molecule has 3 rings (SSSR count). The number of methoxy groups -OCH3 is 2. The Hall–Kier alpha value is -2.73. The van der Waals surface area contributed by atoms with E-state index >= 15 is 0 Å². The van der Waals surface area contributed by atoms with Crippen LogP contribution in [0.25, 0.3) is 0 Å². The third-order valence-corrected chi connectivity index (χ3v) is 4.64.